The molecule has 5 aromatic rings. The highest BCUT2D eigenvalue weighted by molar-refractivity contribution is 5.90. The molecule has 5 rings (SSSR count). The van der Waals surface area contributed by atoms with Crippen LogP contribution in [0.15, 0.2) is 84.9 Å². The quantitative estimate of drug-likeness (QED) is 0.266. The second-order valence-corrected chi connectivity index (χ2v) is 9.25. The van der Waals surface area contributed by atoms with Crippen LogP contribution in [0.4, 0.5) is 11.5 Å². The summed E-state index contributed by atoms with van der Waals surface area (Å²) < 4.78 is 0. The smallest absolute Gasteiger partial charge is 0.162 e. The van der Waals surface area contributed by atoms with Crippen molar-refractivity contribution in [3.8, 4) is 11.4 Å². The summed E-state index contributed by atoms with van der Waals surface area (Å²) in [7, 11) is 4.08. The number of nitrogens with zero attached hydrogens (tertiary/aromatic N) is 3. The van der Waals surface area contributed by atoms with E-state index >= 15 is 0 Å². The molecule has 2 heterocycles. The van der Waals surface area contributed by atoms with E-state index in [1.807, 2.05) is 50.5 Å². The molecule has 0 amide bonds. The average molecular weight is 478 g/mol. The number of aliphatic hydroxyl groups excluding tert-OH is 1. The predicted octanol–water partition coefficient (Wildman–Crippen LogP) is 5.74. The van der Waals surface area contributed by atoms with E-state index in [9.17, 15) is 5.11 Å². The topological polar surface area (TPSA) is 77.1 Å². The first-order valence-corrected chi connectivity index (χ1v) is 12.2. The van der Waals surface area contributed by atoms with E-state index in [4.69, 9.17) is 9.97 Å². The van der Waals surface area contributed by atoms with Crippen LogP contribution in [0, 0.1) is 6.92 Å². The second kappa shape index (κ2) is 10.2. The van der Waals surface area contributed by atoms with E-state index in [1.54, 1.807) is 0 Å². The zero-order chi connectivity index (χ0) is 25.1. The van der Waals surface area contributed by atoms with Gasteiger partial charge in [0.2, 0.25) is 0 Å². The van der Waals surface area contributed by atoms with Gasteiger partial charge in [-0.1, -0.05) is 42.5 Å². The number of aliphatic hydroxyl groups is 1. The third kappa shape index (κ3) is 4.81. The van der Waals surface area contributed by atoms with Gasteiger partial charge in [0.1, 0.15) is 5.82 Å². The fourth-order valence-electron chi connectivity index (χ4n) is 4.55. The van der Waals surface area contributed by atoms with Crippen LogP contribution in [0.3, 0.4) is 0 Å². The number of benzene rings is 3. The lowest BCUT2D eigenvalue weighted by Gasteiger charge is -2.19. The molecule has 0 bridgehead atoms. The van der Waals surface area contributed by atoms with Gasteiger partial charge < -0.3 is 20.3 Å². The highest BCUT2D eigenvalue weighted by Crippen LogP contribution is 2.30. The summed E-state index contributed by atoms with van der Waals surface area (Å²) in [6.45, 7) is 2.72. The summed E-state index contributed by atoms with van der Waals surface area (Å²) in [5, 5.41) is 14.2. The standard InChI is InChI=1S/C30H31N5O/c1-20-17-23(35(2)3)14-15-24(20)30-33-27-12-8-7-11-25(27)29(34-30)31-18-26(21-9-5-4-6-10-21)28-16-13-22(19-36)32-28/h4-17,26,32,36H,18-19H2,1-3H3,(H,31,33,34). The molecule has 1 unspecified atom stereocenters. The van der Waals surface area contributed by atoms with Gasteiger partial charge in [-0.15, -0.1) is 0 Å². The van der Waals surface area contributed by atoms with Gasteiger partial charge in [0.05, 0.1) is 12.1 Å². The summed E-state index contributed by atoms with van der Waals surface area (Å²) in [6, 6.07) is 28.8. The lowest BCUT2D eigenvalue weighted by molar-refractivity contribution is 0.277. The van der Waals surface area contributed by atoms with Crippen molar-refractivity contribution in [3.05, 3.63) is 107 Å². The zero-order valence-electron chi connectivity index (χ0n) is 20.9. The molecule has 0 aliphatic carbocycles. The van der Waals surface area contributed by atoms with Gasteiger partial charge in [0.15, 0.2) is 5.82 Å². The zero-order valence-corrected chi connectivity index (χ0v) is 20.9. The molecule has 0 aliphatic rings. The molecule has 6 heteroatoms. The van der Waals surface area contributed by atoms with Crippen LogP contribution < -0.4 is 10.2 Å². The Morgan fingerprint density at radius 2 is 1.69 bits per heavy atom. The Morgan fingerprint density at radius 1 is 0.917 bits per heavy atom. The molecule has 36 heavy (non-hydrogen) atoms. The first kappa shape index (κ1) is 23.6. The summed E-state index contributed by atoms with van der Waals surface area (Å²) in [5.41, 5.74) is 7.24. The maximum absolute atomic E-state index is 9.57. The van der Waals surface area contributed by atoms with Crippen molar-refractivity contribution in [2.24, 2.45) is 0 Å². The molecule has 182 valence electrons. The summed E-state index contributed by atoms with van der Waals surface area (Å²) >= 11 is 0. The summed E-state index contributed by atoms with van der Waals surface area (Å²) in [6.07, 6.45) is 0. The van der Waals surface area contributed by atoms with E-state index < -0.39 is 0 Å². The molecule has 0 aliphatic heterocycles. The van der Waals surface area contributed by atoms with Gasteiger partial charge in [-0.05, 0) is 60.5 Å². The van der Waals surface area contributed by atoms with Gasteiger partial charge in [-0.2, -0.15) is 0 Å². The number of hydrogen-bond donors (Lipinski definition) is 3. The number of nitrogens with one attached hydrogen (secondary N) is 2. The van der Waals surface area contributed by atoms with Crippen LogP contribution in [-0.2, 0) is 6.61 Å². The molecule has 1 atom stereocenters. The van der Waals surface area contributed by atoms with E-state index in [0.717, 1.165) is 44.9 Å². The van der Waals surface area contributed by atoms with Crippen molar-refractivity contribution in [1.29, 1.82) is 0 Å². The van der Waals surface area contributed by atoms with Gasteiger partial charge in [0, 0.05) is 54.6 Å². The number of hydrogen-bond acceptors (Lipinski definition) is 5. The molecule has 0 radical (unpaired) electrons. The number of para-hydroxylation sites is 1. The van der Waals surface area contributed by atoms with Crippen LogP contribution in [-0.4, -0.2) is 40.7 Å². The molecule has 0 fully saturated rings. The molecule has 3 aromatic carbocycles. The Hall–Kier alpha value is -4.16. The minimum absolute atomic E-state index is 0.0131. The third-order valence-corrected chi connectivity index (χ3v) is 6.56. The molecular formula is C30H31N5O. The van der Waals surface area contributed by atoms with Gasteiger partial charge >= 0.3 is 0 Å². The van der Waals surface area contributed by atoms with E-state index in [1.165, 1.54) is 5.56 Å². The number of anilines is 2. The third-order valence-electron chi connectivity index (χ3n) is 6.56. The van der Waals surface area contributed by atoms with Gasteiger partial charge in [0.25, 0.3) is 0 Å². The van der Waals surface area contributed by atoms with Gasteiger partial charge in [-0.25, -0.2) is 9.97 Å². The molecule has 2 aromatic heterocycles. The van der Waals surface area contributed by atoms with Crippen molar-refractivity contribution in [1.82, 2.24) is 15.0 Å². The Kier molecular flexibility index (Phi) is 6.69. The molecular weight excluding hydrogens is 446 g/mol. The van der Waals surface area contributed by atoms with Crippen LogP contribution >= 0.6 is 0 Å². The Balaban J connectivity index is 1.53. The Labute approximate surface area is 211 Å². The van der Waals surface area contributed by atoms with Crippen molar-refractivity contribution >= 4 is 22.4 Å². The molecule has 0 saturated carbocycles. The van der Waals surface area contributed by atoms with Crippen molar-refractivity contribution in [2.75, 3.05) is 30.9 Å². The number of rotatable bonds is 8. The molecule has 3 N–H and O–H groups in total. The summed E-state index contributed by atoms with van der Waals surface area (Å²) in [4.78, 5) is 15.4. The van der Waals surface area contributed by atoms with E-state index in [-0.39, 0.29) is 12.5 Å². The lowest BCUT2D eigenvalue weighted by Crippen LogP contribution is -2.16. The van der Waals surface area contributed by atoms with Crippen LogP contribution in [0.2, 0.25) is 0 Å². The second-order valence-electron chi connectivity index (χ2n) is 9.25. The number of aromatic nitrogens is 3. The van der Waals surface area contributed by atoms with Crippen LogP contribution in [0.5, 0.6) is 0 Å². The fraction of sp³-hybridized carbons (Fsp3) is 0.200. The van der Waals surface area contributed by atoms with E-state index in [0.29, 0.717) is 12.4 Å². The maximum Gasteiger partial charge on any atom is 0.162 e. The van der Waals surface area contributed by atoms with Crippen molar-refractivity contribution in [2.45, 2.75) is 19.4 Å². The largest absolute Gasteiger partial charge is 0.390 e. The minimum atomic E-state index is -0.0131. The SMILES string of the molecule is Cc1cc(N(C)C)ccc1-c1nc(NCC(c2ccccc2)c2ccc(CO)[nH]2)c2ccccc2n1. The number of fused-ring (bicyclic) bond motifs is 1. The predicted molar refractivity (Wildman–Crippen MR) is 148 cm³/mol. The molecule has 6 nitrogen and oxygen atoms in total. The highest BCUT2D eigenvalue weighted by atomic mass is 16.3. The fourth-order valence-corrected chi connectivity index (χ4v) is 4.55. The van der Waals surface area contributed by atoms with Gasteiger partial charge in [-0.3, -0.25) is 0 Å². The monoisotopic (exact) mass is 477 g/mol. The van der Waals surface area contributed by atoms with Crippen molar-refractivity contribution < 1.29 is 5.11 Å². The minimum Gasteiger partial charge on any atom is -0.390 e. The van der Waals surface area contributed by atoms with Crippen molar-refractivity contribution in [3.63, 3.8) is 0 Å². The molecule has 0 spiro atoms. The van der Waals surface area contributed by atoms with Crippen LogP contribution in [0.25, 0.3) is 22.3 Å². The molecule has 0 saturated heterocycles. The first-order valence-electron chi connectivity index (χ1n) is 12.2. The number of H-pyrrole nitrogens is 1. The highest BCUT2D eigenvalue weighted by Gasteiger charge is 2.18. The average Bonchev–Trinajstić information content (AvgIpc) is 3.38. The first-order chi connectivity index (χ1) is 17.5. The lowest BCUT2D eigenvalue weighted by atomic mass is 9.95. The number of aromatic amines is 1. The van der Waals surface area contributed by atoms with E-state index in [2.05, 4.69) is 70.7 Å². The number of aryl methyl sites for hydroxylation is 1. The normalized spacial score (nSPS) is 12.0. The maximum atomic E-state index is 9.57. The summed E-state index contributed by atoms with van der Waals surface area (Å²) in [5.74, 6) is 1.57. The van der Waals surface area contributed by atoms with Crippen LogP contribution in [0.1, 0.15) is 28.4 Å². The Morgan fingerprint density at radius 3 is 2.42 bits per heavy atom. The Bertz CT molecular complexity index is 1480.